The minimum Gasteiger partial charge on any atom is -0.440 e. The van der Waals surface area contributed by atoms with E-state index in [2.05, 4.69) is 9.88 Å². The molecule has 1 aliphatic heterocycles. The zero-order valence-electron chi connectivity index (χ0n) is 18.8. The van der Waals surface area contributed by atoms with Gasteiger partial charge in [0.15, 0.2) is 11.7 Å². The Morgan fingerprint density at radius 2 is 1.66 bits per heavy atom. The monoisotopic (exact) mass is 483 g/mol. The van der Waals surface area contributed by atoms with E-state index in [-0.39, 0.29) is 28.5 Å². The van der Waals surface area contributed by atoms with Crippen LogP contribution in [0.5, 0.6) is 0 Å². The lowest BCUT2D eigenvalue weighted by Crippen LogP contribution is -2.29. The van der Waals surface area contributed by atoms with Crippen molar-refractivity contribution in [3.63, 3.8) is 0 Å². The number of likely N-dealkylation sites (tertiary alicyclic amines) is 1. The molecule has 5 nitrogen and oxygen atoms in total. The molecule has 0 spiro atoms. The van der Waals surface area contributed by atoms with Gasteiger partial charge in [0.25, 0.3) is 5.56 Å². The van der Waals surface area contributed by atoms with Crippen molar-refractivity contribution in [2.45, 2.75) is 18.8 Å². The molecule has 0 N–H and O–H groups in total. The molecular formula is C26H21F4N3O2. The highest BCUT2D eigenvalue weighted by atomic mass is 19.1. The fraction of sp³-hybridized carbons (Fsp3) is 0.231. The summed E-state index contributed by atoms with van der Waals surface area (Å²) >= 11 is 0. The number of nitrogens with zero attached hydrogens (tertiary/aromatic N) is 3. The molecule has 5 rings (SSSR count). The molecule has 1 fully saturated rings. The third-order valence-electron chi connectivity index (χ3n) is 6.25. The fourth-order valence-electron chi connectivity index (χ4n) is 4.34. The fourth-order valence-corrected chi connectivity index (χ4v) is 4.34. The van der Waals surface area contributed by atoms with Gasteiger partial charge in [0, 0.05) is 29.8 Å². The summed E-state index contributed by atoms with van der Waals surface area (Å²) in [6.07, 6.45) is 2.80. The highest BCUT2D eigenvalue weighted by Crippen LogP contribution is 2.38. The summed E-state index contributed by atoms with van der Waals surface area (Å²) in [7, 11) is 2.02. The summed E-state index contributed by atoms with van der Waals surface area (Å²) in [6.45, 7) is 1.67. The van der Waals surface area contributed by atoms with Crippen LogP contribution in [0.25, 0.3) is 28.3 Å². The average molecular weight is 483 g/mol. The lowest BCUT2D eigenvalue weighted by molar-refractivity contribution is 0.238. The number of hydrogen-bond donors (Lipinski definition) is 0. The van der Waals surface area contributed by atoms with Crippen LogP contribution in [0, 0.1) is 23.3 Å². The molecule has 2 aromatic heterocycles. The topological polar surface area (TPSA) is 51.3 Å². The van der Waals surface area contributed by atoms with E-state index in [9.17, 15) is 22.4 Å². The first kappa shape index (κ1) is 23.0. The summed E-state index contributed by atoms with van der Waals surface area (Å²) in [5.41, 5.74) is -0.731. The number of benzene rings is 2. The molecule has 0 unspecified atom stereocenters. The predicted octanol–water partition coefficient (Wildman–Crippen LogP) is 5.53. The molecule has 1 aliphatic rings. The number of halogens is 4. The normalized spacial score (nSPS) is 15.0. The van der Waals surface area contributed by atoms with Crippen molar-refractivity contribution in [1.82, 2.24) is 14.5 Å². The van der Waals surface area contributed by atoms with Gasteiger partial charge in [-0.15, -0.1) is 0 Å². The smallest absolute Gasteiger partial charge is 0.255 e. The first-order valence-electron chi connectivity index (χ1n) is 11.1. The van der Waals surface area contributed by atoms with Crippen molar-refractivity contribution in [3.8, 4) is 28.3 Å². The van der Waals surface area contributed by atoms with Crippen molar-refractivity contribution in [2.75, 3.05) is 20.1 Å². The van der Waals surface area contributed by atoms with Crippen molar-refractivity contribution >= 4 is 0 Å². The van der Waals surface area contributed by atoms with Gasteiger partial charge < -0.3 is 9.32 Å². The largest absolute Gasteiger partial charge is 0.440 e. The van der Waals surface area contributed by atoms with Gasteiger partial charge in [-0.05, 0) is 63.3 Å². The van der Waals surface area contributed by atoms with E-state index in [4.69, 9.17) is 4.42 Å². The Labute approximate surface area is 198 Å². The Balaban J connectivity index is 1.68. The van der Waals surface area contributed by atoms with Crippen LogP contribution in [0.15, 0.2) is 63.9 Å². The Bertz CT molecular complexity index is 1440. The van der Waals surface area contributed by atoms with Crippen LogP contribution < -0.4 is 5.56 Å². The van der Waals surface area contributed by atoms with Crippen molar-refractivity contribution < 1.29 is 22.0 Å². The highest BCUT2D eigenvalue weighted by Gasteiger charge is 2.27. The van der Waals surface area contributed by atoms with E-state index in [1.165, 1.54) is 24.4 Å². The second kappa shape index (κ2) is 9.14. The maximum absolute atomic E-state index is 14.8. The van der Waals surface area contributed by atoms with Gasteiger partial charge >= 0.3 is 0 Å². The molecule has 9 heteroatoms. The van der Waals surface area contributed by atoms with Gasteiger partial charge in [-0.25, -0.2) is 22.5 Å². The summed E-state index contributed by atoms with van der Waals surface area (Å²) in [6, 6.07) is 8.97. The lowest BCUT2D eigenvalue weighted by atomic mass is 9.97. The molecule has 1 saturated heterocycles. The van der Waals surface area contributed by atoms with E-state index in [1.807, 2.05) is 7.05 Å². The van der Waals surface area contributed by atoms with Crippen LogP contribution in [0.2, 0.25) is 0 Å². The van der Waals surface area contributed by atoms with Gasteiger partial charge in [0.2, 0.25) is 0 Å². The summed E-state index contributed by atoms with van der Waals surface area (Å²) in [5, 5.41) is 0. The Morgan fingerprint density at radius 3 is 2.34 bits per heavy atom. The zero-order chi connectivity index (χ0) is 24.7. The minimum atomic E-state index is -0.916. The third-order valence-corrected chi connectivity index (χ3v) is 6.25. The lowest BCUT2D eigenvalue weighted by Gasteiger charge is -2.26. The molecule has 2 aromatic carbocycles. The van der Waals surface area contributed by atoms with Crippen LogP contribution in [-0.4, -0.2) is 34.6 Å². The van der Waals surface area contributed by atoms with Crippen LogP contribution in [-0.2, 0) is 0 Å². The molecule has 35 heavy (non-hydrogen) atoms. The summed E-state index contributed by atoms with van der Waals surface area (Å²) < 4.78 is 64.1. The van der Waals surface area contributed by atoms with Crippen molar-refractivity contribution in [2.24, 2.45) is 0 Å². The van der Waals surface area contributed by atoms with Gasteiger partial charge in [-0.3, -0.25) is 9.36 Å². The third kappa shape index (κ3) is 4.39. The molecule has 0 saturated carbocycles. The van der Waals surface area contributed by atoms with E-state index in [1.54, 1.807) is 0 Å². The molecule has 0 bridgehead atoms. The second-order valence-corrected chi connectivity index (χ2v) is 8.63. The number of pyridine rings is 1. The standard InChI is InChI=1S/C26H21F4N3O2/c1-32-11-9-15(10-12-32)26-31-23(25(35-26)18-7-6-17(27)13-21(18)30)16-5-8-22(34)33(14-16)24-19(28)3-2-4-20(24)29/h2-8,13-15H,9-12H2,1H3. The molecule has 0 atom stereocenters. The molecular weight excluding hydrogens is 462 g/mol. The zero-order valence-corrected chi connectivity index (χ0v) is 18.8. The molecule has 0 radical (unpaired) electrons. The number of para-hydroxylation sites is 1. The van der Waals surface area contributed by atoms with Crippen molar-refractivity contribution in [3.05, 3.63) is 94.2 Å². The van der Waals surface area contributed by atoms with Gasteiger partial charge in [0.1, 0.15) is 34.7 Å². The van der Waals surface area contributed by atoms with Gasteiger partial charge in [0.05, 0.1) is 5.56 Å². The van der Waals surface area contributed by atoms with Gasteiger partial charge in [-0.1, -0.05) is 6.07 Å². The summed E-state index contributed by atoms with van der Waals surface area (Å²) in [5.74, 6) is -2.99. The average Bonchev–Trinajstić information content (AvgIpc) is 3.25. The SMILES string of the molecule is CN1CCC(c2nc(-c3ccc(=O)n(-c4c(F)cccc4F)c3)c(-c3ccc(F)cc3F)o2)CC1. The Kier molecular flexibility index (Phi) is 6.02. The predicted molar refractivity (Wildman–Crippen MR) is 122 cm³/mol. The Hall–Kier alpha value is -3.72. The first-order chi connectivity index (χ1) is 16.8. The minimum absolute atomic E-state index is 0.0112. The number of hydrogen-bond acceptors (Lipinski definition) is 4. The van der Waals surface area contributed by atoms with Crippen LogP contribution >= 0.6 is 0 Å². The van der Waals surface area contributed by atoms with Crippen LogP contribution in [0.3, 0.4) is 0 Å². The quantitative estimate of drug-likeness (QED) is 0.359. The molecule has 0 aliphatic carbocycles. The van der Waals surface area contributed by atoms with Crippen LogP contribution in [0.4, 0.5) is 17.6 Å². The molecule has 180 valence electrons. The maximum Gasteiger partial charge on any atom is 0.255 e. The van der Waals surface area contributed by atoms with Crippen molar-refractivity contribution in [1.29, 1.82) is 0 Å². The summed E-state index contributed by atoms with van der Waals surface area (Å²) in [4.78, 5) is 19.3. The van der Waals surface area contributed by atoms with E-state index >= 15 is 0 Å². The Morgan fingerprint density at radius 1 is 0.943 bits per heavy atom. The molecule has 0 amide bonds. The number of oxazole rings is 1. The second-order valence-electron chi connectivity index (χ2n) is 8.63. The highest BCUT2D eigenvalue weighted by molar-refractivity contribution is 5.77. The first-order valence-corrected chi connectivity index (χ1v) is 11.1. The van der Waals surface area contributed by atoms with E-state index in [0.29, 0.717) is 5.89 Å². The van der Waals surface area contributed by atoms with Gasteiger partial charge in [-0.2, -0.15) is 0 Å². The number of rotatable bonds is 4. The van der Waals surface area contributed by atoms with E-state index in [0.717, 1.165) is 60.8 Å². The number of piperidine rings is 1. The molecule has 4 aromatic rings. The maximum atomic E-state index is 14.8. The van der Waals surface area contributed by atoms with E-state index < -0.39 is 34.5 Å². The van der Waals surface area contributed by atoms with Crippen LogP contribution in [0.1, 0.15) is 24.7 Å². The molecule has 3 heterocycles. The number of aromatic nitrogens is 2.